The van der Waals surface area contributed by atoms with E-state index in [9.17, 15) is 9.59 Å². The van der Waals surface area contributed by atoms with Crippen LogP contribution in [0.3, 0.4) is 0 Å². The molecule has 0 atom stereocenters. The first-order valence-electron chi connectivity index (χ1n) is 4.07. The van der Waals surface area contributed by atoms with Gasteiger partial charge in [-0.15, -0.1) is 6.42 Å². The van der Waals surface area contributed by atoms with Crippen molar-refractivity contribution >= 4 is 11.9 Å². The molecule has 0 aromatic rings. The zero-order valence-corrected chi connectivity index (χ0v) is 11.4. The van der Waals surface area contributed by atoms with E-state index in [4.69, 9.17) is 11.7 Å². The van der Waals surface area contributed by atoms with E-state index in [-0.39, 0.29) is 39.1 Å². The fraction of sp³-hybridized carbons (Fsp3) is 0.400. The van der Waals surface area contributed by atoms with Gasteiger partial charge in [0, 0.05) is 39.1 Å². The van der Waals surface area contributed by atoms with Crippen molar-refractivity contribution in [2.24, 2.45) is 0 Å². The minimum absolute atomic E-state index is 0. The molecule has 4 nitrogen and oxygen atoms in total. The third-order valence-electron chi connectivity index (χ3n) is 1.42. The van der Waals surface area contributed by atoms with Crippen LogP contribution in [0.2, 0.25) is 0 Å². The molecular weight excluding hydrogens is 273 g/mol. The molecule has 5 heteroatoms. The average Bonchev–Trinajstić information content (AvgIpc) is 2.13. The summed E-state index contributed by atoms with van der Waals surface area (Å²) >= 11 is 0. The van der Waals surface area contributed by atoms with E-state index in [0.717, 1.165) is 0 Å². The second-order valence-corrected chi connectivity index (χ2v) is 2.60. The number of carbonyl (C=O) groups excluding carboxylic acids is 1. The Morgan fingerprint density at radius 1 is 1.47 bits per heavy atom. The third kappa shape index (κ3) is 11.5. The van der Waals surface area contributed by atoms with Gasteiger partial charge in [-0.25, -0.2) is 0 Å². The largest absolute Gasteiger partial charge is 0.481 e. The number of methoxy groups -OCH3 is 1. The van der Waals surface area contributed by atoms with Crippen molar-refractivity contribution in [1.29, 1.82) is 0 Å². The molecule has 0 aliphatic rings. The molecule has 81 valence electrons. The molecule has 0 spiro atoms. The monoisotopic (exact) mass is 285 g/mol. The van der Waals surface area contributed by atoms with Crippen LogP contribution in [0.15, 0.2) is 11.6 Å². The van der Waals surface area contributed by atoms with E-state index < -0.39 is 11.9 Å². The number of aliphatic carboxylic acids is 1. The first-order chi connectivity index (χ1) is 6.56. The molecule has 0 bridgehead atoms. The van der Waals surface area contributed by atoms with Crippen molar-refractivity contribution in [2.75, 3.05) is 7.11 Å². The second-order valence-electron chi connectivity index (χ2n) is 2.60. The van der Waals surface area contributed by atoms with Gasteiger partial charge >= 0.3 is 5.97 Å². The minimum atomic E-state index is -0.862. The molecule has 0 amide bonds. The summed E-state index contributed by atoms with van der Waals surface area (Å²) in [6.07, 6.45) is 4.51. The number of rotatable bonds is 6. The molecule has 0 aromatic heterocycles. The SMILES string of the molecule is [CH-]=C(C=[C-]C(=O)OC)CCCC(=O)O.[Y]. The standard InChI is InChI=1S/C10H12O4.Y/c1-8(4-3-5-9(11)12)6-7-10(13)14-2;/h1,6H,3-5H2,2H3,(H,11,12);/q-2;. The molecule has 0 aliphatic carbocycles. The van der Waals surface area contributed by atoms with E-state index in [1.165, 1.54) is 13.2 Å². The van der Waals surface area contributed by atoms with Gasteiger partial charge in [-0.1, -0.05) is 6.42 Å². The first kappa shape index (κ1) is 16.9. The van der Waals surface area contributed by atoms with E-state index >= 15 is 0 Å². The van der Waals surface area contributed by atoms with Crippen LogP contribution in [0, 0.1) is 12.7 Å². The van der Waals surface area contributed by atoms with Crippen LogP contribution in [0.1, 0.15) is 19.3 Å². The van der Waals surface area contributed by atoms with E-state index in [0.29, 0.717) is 18.4 Å². The van der Waals surface area contributed by atoms with Gasteiger partial charge in [-0.3, -0.25) is 15.7 Å². The summed E-state index contributed by atoms with van der Waals surface area (Å²) in [5, 5.41) is 8.33. The number of carbonyl (C=O) groups is 2. The summed E-state index contributed by atoms with van der Waals surface area (Å²) in [5.41, 5.74) is 0.414. The van der Waals surface area contributed by atoms with Crippen LogP contribution >= 0.6 is 0 Å². The van der Waals surface area contributed by atoms with Gasteiger partial charge in [0.2, 0.25) is 5.97 Å². The van der Waals surface area contributed by atoms with Crippen molar-refractivity contribution in [3.8, 4) is 0 Å². The predicted octanol–water partition coefficient (Wildman–Crippen LogP) is 1.13. The zero-order chi connectivity index (χ0) is 11.0. The summed E-state index contributed by atoms with van der Waals surface area (Å²) in [6.45, 7) is 5.46. The maximum atomic E-state index is 10.6. The Bertz CT molecular complexity index is 258. The number of carboxylic acids is 1. The fourth-order valence-electron chi connectivity index (χ4n) is 0.726. The number of ether oxygens (including phenoxy) is 1. The molecule has 0 aromatic carbocycles. The summed E-state index contributed by atoms with van der Waals surface area (Å²) in [6, 6.07) is 0. The Labute approximate surface area is 114 Å². The molecule has 15 heavy (non-hydrogen) atoms. The molecule has 0 saturated carbocycles. The molecule has 1 radical (unpaired) electrons. The molecule has 0 rings (SSSR count). The maximum Gasteiger partial charge on any atom is 0.303 e. The van der Waals surface area contributed by atoms with Crippen LogP contribution in [0.25, 0.3) is 0 Å². The van der Waals surface area contributed by atoms with Gasteiger partial charge in [-0.2, -0.15) is 0 Å². The normalized spacial score (nSPS) is 9.40. The molecule has 1 N–H and O–H groups in total. The van der Waals surface area contributed by atoms with Crippen molar-refractivity contribution in [1.82, 2.24) is 0 Å². The number of allylic oxidation sites excluding steroid dienone is 2. The molecule has 0 unspecified atom stereocenters. The first-order valence-corrected chi connectivity index (χ1v) is 4.07. The van der Waals surface area contributed by atoms with Gasteiger partial charge in [0.05, 0.1) is 7.11 Å². The number of carboxylic acid groups (broad SMARTS) is 1. The predicted molar refractivity (Wildman–Crippen MR) is 49.1 cm³/mol. The third-order valence-corrected chi connectivity index (χ3v) is 1.42. The van der Waals surface area contributed by atoms with E-state index in [1.807, 2.05) is 0 Å². The molecular formula is C10H12O4Y-2. The number of hydrogen-bond acceptors (Lipinski definition) is 3. The summed E-state index contributed by atoms with van der Waals surface area (Å²) in [4.78, 5) is 20.7. The quantitative estimate of drug-likeness (QED) is 0.344. The van der Waals surface area contributed by atoms with Gasteiger partial charge in [0.15, 0.2) is 0 Å². The minimum Gasteiger partial charge on any atom is -0.481 e. The Hall–Kier alpha value is -0.476. The van der Waals surface area contributed by atoms with Crippen molar-refractivity contribution in [3.05, 3.63) is 24.3 Å². The fourth-order valence-corrected chi connectivity index (χ4v) is 0.726. The van der Waals surface area contributed by atoms with Gasteiger partial charge < -0.3 is 28.1 Å². The van der Waals surface area contributed by atoms with Gasteiger partial charge in [0.25, 0.3) is 0 Å². The maximum absolute atomic E-state index is 10.6. The molecule has 0 saturated heterocycles. The molecule has 0 fully saturated rings. The summed E-state index contributed by atoms with van der Waals surface area (Å²) in [7, 11) is 1.24. The number of hydrogen-bond donors (Lipinski definition) is 1. The van der Waals surface area contributed by atoms with E-state index in [2.05, 4.69) is 10.8 Å². The van der Waals surface area contributed by atoms with Crippen LogP contribution in [-0.4, -0.2) is 24.2 Å². The Morgan fingerprint density at radius 2 is 2.07 bits per heavy atom. The Kier molecular flexibility index (Phi) is 11.4. The number of esters is 1. The van der Waals surface area contributed by atoms with Crippen LogP contribution < -0.4 is 0 Å². The summed E-state index contributed by atoms with van der Waals surface area (Å²) < 4.78 is 4.30. The summed E-state index contributed by atoms with van der Waals surface area (Å²) in [5.74, 6) is -1.47. The molecule has 0 aliphatic heterocycles. The molecule has 0 heterocycles. The van der Waals surface area contributed by atoms with Crippen molar-refractivity contribution in [2.45, 2.75) is 19.3 Å². The van der Waals surface area contributed by atoms with E-state index in [1.54, 1.807) is 0 Å². The van der Waals surface area contributed by atoms with Crippen LogP contribution in [0.5, 0.6) is 0 Å². The average molecular weight is 285 g/mol. The van der Waals surface area contributed by atoms with Crippen molar-refractivity contribution in [3.63, 3.8) is 0 Å². The topological polar surface area (TPSA) is 63.6 Å². The Morgan fingerprint density at radius 3 is 2.53 bits per heavy atom. The zero-order valence-electron chi connectivity index (χ0n) is 8.53. The van der Waals surface area contributed by atoms with Crippen LogP contribution in [-0.2, 0) is 47.0 Å². The van der Waals surface area contributed by atoms with Crippen molar-refractivity contribution < 1.29 is 52.1 Å². The van der Waals surface area contributed by atoms with Crippen LogP contribution in [0.4, 0.5) is 0 Å². The van der Waals surface area contributed by atoms with Gasteiger partial charge in [-0.05, 0) is 0 Å². The second kappa shape index (κ2) is 10.1. The Balaban J connectivity index is 0. The smallest absolute Gasteiger partial charge is 0.303 e. The van der Waals surface area contributed by atoms with Gasteiger partial charge in [0.1, 0.15) is 0 Å².